The van der Waals surface area contributed by atoms with Gasteiger partial charge in [0, 0.05) is 18.8 Å². The fraction of sp³-hybridized carbons (Fsp3) is 0.333. The maximum absolute atomic E-state index is 12.7. The number of nitrogens with zero attached hydrogens (tertiary/aromatic N) is 1. The van der Waals surface area contributed by atoms with Crippen molar-refractivity contribution in [2.45, 2.75) is 26.7 Å². The molecule has 2 amide bonds. The summed E-state index contributed by atoms with van der Waals surface area (Å²) in [5, 5.41) is 2.92. The van der Waals surface area contributed by atoms with Gasteiger partial charge in [0.15, 0.2) is 0 Å². The van der Waals surface area contributed by atoms with E-state index in [1.807, 2.05) is 62.4 Å². The number of hydrogen-bond acceptors (Lipinski definition) is 2. The monoisotopic (exact) mass is 336 g/mol. The van der Waals surface area contributed by atoms with Crippen LogP contribution in [0.1, 0.15) is 23.1 Å². The summed E-state index contributed by atoms with van der Waals surface area (Å²) in [6, 6.07) is 16.0. The third-order valence-electron chi connectivity index (χ3n) is 4.94. The number of benzene rings is 2. The van der Waals surface area contributed by atoms with Crippen LogP contribution in [0.5, 0.6) is 0 Å². The molecular formula is C21H24N2O2. The van der Waals surface area contributed by atoms with Crippen molar-refractivity contribution < 1.29 is 9.59 Å². The highest BCUT2D eigenvalue weighted by Crippen LogP contribution is 2.29. The third-order valence-corrected chi connectivity index (χ3v) is 4.94. The van der Waals surface area contributed by atoms with Crippen molar-refractivity contribution in [2.24, 2.45) is 5.92 Å². The van der Waals surface area contributed by atoms with Crippen molar-refractivity contribution in [3.8, 4) is 0 Å². The molecule has 0 radical (unpaired) electrons. The molecule has 1 fully saturated rings. The molecule has 0 saturated carbocycles. The second kappa shape index (κ2) is 7.51. The lowest BCUT2D eigenvalue weighted by Gasteiger charge is -2.20. The topological polar surface area (TPSA) is 49.4 Å². The van der Waals surface area contributed by atoms with Crippen LogP contribution in [0.15, 0.2) is 48.5 Å². The van der Waals surface area contributed by atoms with Crippen LogP contribution in [-0.2, 0) is 16.0 Å². The highest BCUT2D eigenvalue weighted by molar-refractivity contribution is 6.09. The van der Waals surface area contributed by atoms with E-state index in [1.165, 1.54) is 5.56 Å². The molecule has 1 heterocycles. The van der Waals surface area contributed by atoms with Crippen molar-refractivity contribution in [1.29, 1.82) is 0 Å². The zero-order valence-electron chi connectivity index (χ0n) is 14.8. The number of anilines is 1. The molecule has 0 aliphatic carbocycles. The summed E-state index contributed by atoms with van der Waals surface area (Å²) in [5.74, 6) is -0.824. The van der Waals surface area contributed by atoms with Gasteiger partial charge in [-0.05, 0) is 49.4 Å². The summed E-state index contributed by atoms with van der Waals surface area (Å²) >= 11 is 0. The maximum atomic E-state index is 12.7. The van der Waals surface area contributed by atoms with Crippen LogP contribution in [0.3, 0.4) is 0 Å². The highest BCUT2D eigenvalue weighted by Gasteiger charge is 2.37. The van der Waals surface area contributed by atoms with Crippen LogP contribution in [0, 0.1) is 19.8 Å². The van der Waals surface area contributed by atoms with Crippen LogP contribution in [0.4, 0.5) is 5.69 Å². The minimum Gasteiger partial charge on any atom is -0.355 e. The van der Waals surface area contributed by atoms with E-state index in [-0.39, 0.29) is 11.8 Å². The number of rotatable bonds is 5. The van der Waals surface area contributed by atoms with E-state index in [0.717, 1.165) is 23.2 Å². The highest BCUT2D eigenvalue weighted by atomic mass is 16.2. The molecule has 1 N–H and O–H groups in total. The van der Waals surface area contributed by atoms with Crippen molar-refractivity contribution in [2.75, 3.05) is 18.0 Å². The van der Waals surface area contributed by atoms with E-state index in [9.17, 15) is 9.59 Å². The van der Waals surface area contributed by atoms with Gasteiger partial charge in [0.05, 0.1) is 0 Å². The molecule has 0 aromatic heterocycles. The Morgan fingerprint density at radius 1 is 1.12 bits per heavy atom. The first-order valence-corrected chi connectivity index (χ1v) is 8.77. The maximum Gasteiger partial charge on any atom is 0.239 e. The molecule has 1 aliphatic rings. The molecule has 4 heteroatoms. The molecular weight excluding hydrogens is 312 g/mol. The molecule has 0 bridgehead atoms. The van der Waals surface area contributed by atoms with Gasteiger partial charge in [0.25, 0.3) is 0 Å². The van der Waals surface area contributed by atoms with Gasteiger partial charge in [0.1, 0.15) is 5.92 Å². The molecule has 2 aromatic rings. The number of nitrogens with one attached hydrogen (secondary N) is 1. The predicted octanol–water partition coefficient (Wildman–Crippen LogP) is 3.02. The number of carbonyl (C=O) groups excluding carboxylic acids is 2. The lowest BCUT2D eigenvalue weighted by Crippen LogP contribution is -2.37. The number of aryl methyl sites for hydroxylation is 1. The lowest BCUT2D eigenvalue weighted by molar-refractivity contribution is -0.132. The van der Waals surface area contributed by atoms with Gasteiger partial charge in [-0.1, -0.05) is 42.5 Å². The van der Waals surface area contributed by atoms with E-state index < -0.39 is 5.92 Å². The Morgan fingerprint density at radius 2 is 1.88 bits per heavy atom. The molecule has 130 valence electrons. The zero-order valence-corrected chi connectivity index (χ0v) is 14.8. The van der Waals surface area contributed by atoms with Gasteiger partial charge in [-0.2, -0.15) is 0 Å². The Hall–Kier alpha value is -2.62. The molecule has 1 saturated heterocycles. The number of carbonyl (C=O) groups is 2. The Morgan fingerprint density at radius 3 is 2.64 bits per heavy atom. The van der Waals surface area contributed by atoms with Crippen LogP contribution < -0.4 is 10.2 Å². The first-order chi connectivity index (χ1) is 12.1. The van der Waals surface area contributed by atoms with E-state index >= 15 is 0 Å². The molecule has 1 atom stereocenters. The van der Waals surface area contributed by atoms with Gasteiger partial charge in [-0.25, -0.2) is 0 Å². The van der Waals surface area contributed by atoms with E-state index in [1.54, 1.807) is 4.90 Å². The zero-order chi connectivity index (χ0) is 17.8. The Balaban J connectivity index is 1.59. The summed E-state index contributed by atoms with van der Waals surface area (Å²) in [7, 11) is 0. The normalized spacial score (nSPS) is 17.0. The summed E-state index contributed by atoms with van der Waals surface area (Å²) in [4.78, 5) is 26.9. The number of hydrogen-bond donors (Lipinski definition) is 1. The molecule has 1 aliphatic heterocycles. The van der Waals surface area contributed by atoms with Crippen molar-refractivity contribution in [3.05, 3.63) is 65.2 Å². The molecule has 25 heavy (non-hydrogen) atoms. The van der Waals surface area contributed by atoms with Gasteiger partial charge in [-0.15, -0.1) is 0 Å². The fourth-order valence-corrected chi connectivity index (χ4v) is 3.29. The van der Waals surface area contributed by atoms with Crippen LogP contribution in [0.25, 0.3) is 0 Å². The standard InChI is InChI=1S/C21H24N2O2/c1-15-7-6-10-19(16(15)2)23-14-12-18(21(23)25)20(24)22-13-11-17-8-4-3-5-9-17/h3-10,18H,11-14H2,1-2H3,(H,22,24). The average Bonchev–Trinajstić information content (AvgIpc) is 3.00. The quantitative estimate of drug-likeness (QED) is 0.853. The van der Waals surface area contributed by atoms with Crippen LogP contribution in [-0.4, -0.2) is 24.9 Å². The first-order valence-electron chi connectivity index (χ1n) is 8.77. The second-order valence-electron chi connectivity index (χ2n) is 6.58. The summed E-state index contributed by atoms with van der Waals surface area (Å²) in [6.45, 7) is 5.20. The van der Waals surface area contributed by atoms with Crippen LogP contribution in [0.2, 0.25) is 0 Å². The minimum absolute atomic E-state index is 0.0917. The Labute approximate surface area is 148 Å². The lowest BCUT2D eigenvalue weighted by atomic mass is 10.1. The van der Waals surface area contributed by atoms with Crippen molar-refractivity contribution >= 4 is 17.5 Å². The third kappa shape index (κ3) is 3.73. The van der Waals surface area contributed by atoms with Crippen molar-refractivity contribution in [1.82, 2.24) is 5.32 Å². The summed E-state index contributed by atoms with van der Waals surface area (Å²) < 4.78 is 0. The summed E-state index contributed by atoms with van der Waals surface area (Å²) in [6.07, 6.45) is 1.34. The average molecular weight is 336 g/mol. The largest absolute Gasteiger partial charge is 0.355 e. The van der Waals surface area contributed by atoms with Gasteiger partial charge >= 0.3 is 0 Å². The van der Waals surface area contributed by atoms with Crippen LogP contribution >= 0.6 is 0 Å². The first kappa shape index (κ1) is 17.2. The van der Waals surface area contributed by atoms with E-state index in [4.69, 9.17) is 0 Å². The van der Waals surface area contributed by atoms with Gasteiger partial charge in [-0.3, -0.25) is 9.59 Å². The SMILES string of the molecule is Cc1cccc(N2CCC(C(=O)NCCc3ccccc3)C2=O)c1C. The van der Waals surface area contributed by atoms with Crippen molar-refractivity contribution in [3.63, 3.8) is 0 Å². The van der Waals surface area contributed by atoms with Gasteiger partial charge < -0.3 is 10.2 Å². The molecule has 0 spiro atoms. The van der Waals surface area contributed by atoms with E-state index in [2.05, 4.69) is 5.32 Å². The fourth-order valence-electron chi connectivity index (χ4n) is 3.29. The van der Waals surface area contributed by atoms with E-state index in [0.29, 0.717) is 19.5 Å². The smallest absolute Gasteiger partial charge is 0.239 e. The number of amides is 2. The summed E-state index contributed by atoms with van der Waals surface area (Å²) in [5.41, 5.74) is 4.35. The van der Waals surface area contributed by atoms with Gasteiger partial charge in [0.2, 0.25) is 11.8 Å². The molecule has 4 nitrogen and oxygen atoms in total. The predicted molar refractivity (Wildman–Crippen MR) is 99.5 cm³/mol. The minimum atomic E-state index is -0.573. The molecule has 3 rings (SSSR count). The molecule has 1 unspecified atom stereocenters. The molecule has 2 aromatic carbocycles. The Bertz CT molecular complexity index is 771. The Kier molecular flexibility index (Phi) is 5.17. The second-order valence-corrected chi connectivity index (χ2v) is 6.58.